The number of halogens is 2. The van der Waals surface area contributed by atoms with Gasteiger partial charge in [0.25, 0.3) is 0 Å². The fraction of sp³-hybridized carbons (Fsp3) is 0.353. The van der Waals surface area contributed by atoms with Crippen molar-refractivity contribution in [2.24, 2.45) is 9.98 Å². The quantitative estimate of drug-likeness (QED) is 0.0769. The van der Waals surface area contributed by atoms with Gasteiger partial charge in [0.15, 0.2) is 16.6 Å². The summed E-state index contributed by atoms with van der Waals surface area (Å²) in [5.74, 6) is 0. The Morgan fingerprint density at radius 3 is 1.30 bits per heavy atom. The Balaban J connectivity index is 0.00000162. The van der Waals surface area contributed by atoms with Crippen LogP contribution < -0.4 is 0 Å². The average molecular weight is 787 g/mol. The minimum absolute atomic E-state index is 0.741. The summed E-state index contributed by atoms with van der Waals surface area (Å²) in [4.78, 5) is 10.7. The van der Waals surface area contributed by atoms with Crippen molar-refractivity contribution in [2.75, 3.05) is 13.2 Å². The Hall–Kier alpha value is -1.45. The van der Waals surface area contributed by atoms with Crippen LogP contribution in [-0.2, 0) is 19.7 Å². The van der Waals surface area contributed by atoms with Crippen molar-refractivity contribution in [1.29, 1.82) is 0 Å². The summed E-state index contributed by atoms with van der Waals surface area (Å²) in [6.45, 7) is 14.9. The second-order valence-electron chi connectivity index (χ2n) is 12.3. The van der Waals surface area contributed by atoms with Crippen LogP contribution in [0.1, 0.15) is 25.7 Å². The molecule has 234 valence electrons. The molecule has 0 heterocycles. The number of rotatable bonds is 13. The molecular formula is C34H44Br2N2NiO2Si2. The van der Waals surface area contributed by atoms with Crippen molar-refractivity contribution in [3.63, 3.8) is 0 Å². The molecular weight excluding hydrogens is 743 g/mol. The molecule has 4 aromatic carbocycles. The first-order chi connectivity index (χ1) is 20.5. The predicted octanol–water partition coefficient (Wildman–Crippen LogP) is 11.8. The zero-order chi connectivity index (χ0) is 31.3. The van der Waals surface area contributed by atoms with Crippen molar-refractivity contribution >= 4 is 89.4 Å². The average Bonchev–Trinajstić information content (AvgIpc) is 2.96. The fourth-order valence-electron chi connectivity index (χ4n) is 4.67. The van der Waals surface area contributed by atoms with Gasteiger partial charge in [0, 0.05) is 24.0 Å². The first-order valence-corrected chi connectivity index (χ1v) is 26.4. The Morgan fingerprint density at radius 1 is 0.581 bits per heavy atom. The Morgan fingerprint density at radius 2 is 0.930 bits per heavy atom. The molecule has 0 amide bonds. The fourth-order valence-corrected chi connectivity index (χ4v) is 6.18. The summed E-state index contributed by atoms with van der Waals surface area (Å²) in [5.41, 5.74) is 4.05. The van der Waals surface area contributed by atoms with Gasteiger partial charge < -0.3 is 8.85 Å². The summed E-state index contributed by atoms with van der Waals surface area (Å²) >= 11 is 6.00. The number of nitrogens with zero attached hydrogens (tertiary/aromatic N) is 2. The molecule has 0 spiro atoms. The van der Waals surface area contributed by atoms with Crippen LogP contribution in [0.15, 0.2) is 94.9 Å². The van der Waals surface area contributed by atoms with Gasteiger partial charge >= 0.3 is 39.3 Å². The Kier molecular flexibility index (Phi) is 15.0. The van der Waals surface area contributed by atoms with E-state index in [0.717, 1.165) is 72.5 Å². The minimum atomic E-state index is -1.58. The van der Waals surface area contributed by atoms with Gasteiger partial charge in [0.05, 0.1) is 22.8 Å². The van der Waals surface area contributed by atoms with Gasteiger partial charge in [0.2, 0.25) is 0 Å². The zero-order valence-corrected chi connectivity index (χ0v) is 32.3. The third-order valence-corrected chi connectivity index (χ3v) is 8.70. The molecule has 0 unspecified atom stereocenters. The van der Waals surface area contributed by atoms with Crippen molar-refractivity contribution in [3.8, 4) is 0 Å². The number of hydrogen-bond donors (Lipinski definition) is 0. The second kappa shape index (κ2) is 17.9. The van der Waals surface area contributed by atoms with E-state index in [-0.39, 0.29) is 0 Å². The number of aliphatic imine (C=N–C) groups is 2. The van der Waals surface area contributed by atoms with Crippen LogP contribution in [0.4, 0.5) is 11.4 Å². The molecule has 0 radical (unpaired) electrons. The SMILES string of the molecule is C[Si](C)(C)OCCCC(=Nc1cccc2ccccc12)C(CCCO[Si](C)(C)C)=Nc1cccc2ccccc12.[Br][Ni][Br]. The number of hydrogen-bond acceptors (Lipinski definition) is 4. The molecule has 0 atom stereocenters. The Labute approximate surface area is 280 Å². The molecule has 4 nitrogen and oxygen atoms in total. The second-order valence-corrected chi connectivity index (χ2v) is 26.3. The topological polar surface area (TPSA) is 43.2 Å². The maximum absolute atomic E-state index is 6.22. The van der Waals surface area contributed by atoms with Crippen molar-refractivity contribution in [3.05, 3.63) is 84.9 Å². The van der Waals surface area contributed by atoms with Gasteiger partial charge in [-0.1, -0.05) is 72.8 Å². The van der Waals surface area contributed by atoms with Crippen LogP contribution in [0, 0.1) is 0 Å². The molecule has 43 heavy (non-hydrogen) atoms. The molecule has 0 aliphatic rings. The van der Waals surface area contributed by atoms with E-state index in [2.05, 4.69) is 153 Å². The summed E-state index contributed by atoms with van der Waals surface area (Å²) in [7, 11) is -1.92. The van der Waals surface area contributed by atoms with Crippen LogP contribution >= 0.6 is 28.5 Å². The van der Waals surface area contributed by atoms with Crippen LogP contribution in [0.2, 0.25) is 39.3 Å². The van der Waals surface area contributed by atoms with E-state index >= 15 is 0 Å². The Bertz CT molecular complexity index is 1390. The molecule has 0 N–H and O–H groups in total. The van der Waals surface area contributed by atoms with Gasteiger partial charge in [-0.2, -0.15) is 0 Å². The molecule has 0 aromatic heterocycles. The van der Waals surface area contributed by atoms with Gasteiger partial charge in [-0.05, 0) is 87.9 Å². The molecule has 4 rings (SSSR count). The van der Waals surface area contributed by atoms with Crippen molar-refractivity contribution in [2.45, 2.75) is 65.0 Å². The molecule has 0 aliphatic heterocycles. The van der Waals surface area contributed by atoms with Crippen LogP contribution in [-0.4, -0.2) is 41.3 Å². The molecule has 0 bridgehead atoms. The van der Waals surface area contributed by atoms with E-state index in [1.807, 2.05) is 0 Å². The molecule has 9 heteroatoms. The van der Waals surface area contributed by atoms with Gasteiger partial charge in [0.1, 0.15) is 0 Å². The summed E-state index contributed by atoms with van der Waals surface area (Å²) in [5, 5.41) is 4.71. The van der Waals surface area contributed by atoms with Crippen molar-refractivity contribution in [1.82, 2.24) is 0 Å². The zero-order valence-electron chi connectivity index (χ0n) is 26.1. The normalized spacial score (nSPS) is 12.9. The van der Waals surface area contributed by atoms with Gasteiger partial charge in [-0.25, -0.2) is 0 Å². The molecule has 0 aliphatic carbocycles. The van der Waals surface area contributed by atoms with E-state index in [1.165, 1.54) is 21.7 Å². The van der Waals surface area contributed by atoms with E-state index in [4.69, 9.17) is 18.8 Å². The monoisotopic (exact) mass is 784 g/mol. The molecule has 0 saturated heterocycles. The maximum atomic E-state index is 6.22. The number of benzene rings is 4. The van der Waals surface area contributed by atoms with Gasteiger partial charge in [-0.15, -0.1) is 0 Å². The third-order valence-electron chi connectivity index (χ3n) is 6.56. The van der Waals surface area contributed by atoms with E-state index in [1.54, 1.807) is 0 Å². The van der Waals surface area contributed by atoms with E-state index in [9.17, 15) is 0 Å². The summed E-state index contributed by atoms with van der Waals surface area (Å²) in [6.07, 6.45) is 3.44. The first-order valence-electron chi connectivity index (χ1n) is 14.7. The molecule has 4 aromatic rings. The van der Waals surface area contributed by atoms with Crippen LogP contribution in [0.3, 0.4) is 0 Å². The standard InChI is InChI=1S/C34H44N2O2Si2.2BrH.Ni/c1-39(2,3)37-25-13-23-33(35-31-21-11-17-27-15-7-9-19-29(27)31)34(24-14-26-38-40(4,5)6)36-32-22-12-18-28-16-8-10-20-30(28)32;;;/h7-12,15-22H,13-14,23-26H2,1-6H3;2*1H;/q;;;+2/p-2. The van der Waals surface area contributed by atoms with Crippen LogP contribution in [0.5, 0.6) is 0 Å². The third kappa shape index (κ3) is 12.8. The molecule has 0 saturated carbocycles. The van der Waals surface area contributed by atoms with Crippen molar-refractivity contribution < 1.29 is 19.7 Å². The van der Waals surface area contributed by atoms with E-state index in [0.29, 0.717) is 0 Å². The van der Waals surface area contributed by atoms with Gasteiger partial charge in [-0.3, -0.25) is 9.98 Å². The van der Waals surface area contributed by atoms with E-state index < -0.39 is 16.6 Å². The number of fused-ring (bicyclic) bond motifs is 2. The molecule has 0 fully saturated rings. The first kappa shape index (κ1) is 36.0. The van der Waals surface area contributed by atoms with Crippen LogP contribution in [0.25, 0.3) is 21.5 Å². The summed E-state index contributed by atoms with van der Waals surface area (Å²) < 4.78 is 12.4. The predicted molar refractivity (Wildman–Crippen MR) is 197 cm³/mol. The summed E-state index contributed by atoms with van der Waals surface area (Å²) in [6, 6.07) is 29.7.